The Balaban J connectivity index is 2.30. The molecule has 0 aliphatic rings. The number of alkyl halides is 6. The summed E-state index contributed by atoms with van der Waals surface area (Å²) in [5.74, 6) is -0.618. The lowest BCUT2D eigenvalue weighted by Crippen LogP contribution is -2.53. The van der Waals surface area contributed by atoms with Crippen LogP contribution in [0.4, 0.5) is 32.0 Å². The molecule has 140 valence electrons. The standard InChI is InChI=1S/C16H10BrF6NO2/c17-12-4-2-1-3-11(12)13(25)24-10-7-5-9(6-8-10)14(26,15(18,19)20)16(21,22)23/h1-8,26H,(H,24,25). The third-order valence-corrected chi connectivity index (χ3v) is 4.19. The van der Waals surface area contributed by atoms with Gasteiger partial charge in [-0.05, 0) is 40.2 Å². The number of benzene rings is 2. The molecule has 0 aromatic heterocycles. The Morgan fingerprint density at radius 2 is 1.38 bits per heavy atom. The van der Waals surface area contributed by atoms with Gasteiger partial charge in [0.15, 0.2) is 0 Å². The van der Waals surface area contributed by atoms with E-state index in [-0.39, 0.29) is 11.3 Å². The summed E-state index contributed by atoms with van der Waals surface area (Å²) in [5, 5.41) is 11.6. The number of amides is 1. The van der Waals surface area contributed by atoms with E-state index in [4.69, 9.17) is 0 Å². The van der Waals surface area contributed by atoms with Crippen molar-refractivity contribution in [2.45, 2.75) is 18.0 Å². The summed E-state index contributed by atoms with van der Waals surface area (Å²) < 4.78 is 77.4. The maximum atomic E-state index is 12.8. The summed E-state index contributed by atoms with van der Waals surface area (Å²) in [5.41, 5.74) is -6.23. The first-order valence-electron chi connectivity index (χ1n) is 6.90. The molecule has 0 atom stereocenters. The first-order chi connectivity index (χ1) is 11.9. The van der Waals surface area contributed by atoms with E-state index in [2.05, 4.69) is 21.2 Å². The fraction of sp³-hybridized carbons (Fsp3) is 0.188. The van der Waals surface area contributed by atoms with E-state index in [0.717, 1.165) is 12.1 Å². The van der Waals surface area contributed by atoms with Crippen molar-refractivity contribution < 1.29 is 36.2 Å². The Bertz CT molecular complexity index is 788. The lowest BCUT2D eigenvalue weighted by Gasteiger charge is -2.32. The molecule has 0 radical (unpaired) electrons. The monoisotopic (exact) mass is 441 g/mol. The second kappa shape index (κ2) is 6.92. The number of carbonyl (C=O) groups is 1. The molecule has 0 saturated carbocycles. The van der Waals surface area contributed by atoms with Gasteiger partial charge >= 0.3 is 12.4 Å². The number of anilines is 1. The van der Waals surface area contributed by atoms with Crippen LogP contribution in [0.3, 0.4) is 0 Å². The minimum absolute atomic E-state index is 0.0406. The van der Waals surface area contributed by atoms with Crippen LogP contribution < -0.4 is 5.32 Å². The highest BCUT2D eigenvalue weighted by Crippen LogP contribution is 2.50. The summed E-state index contributed by atoms with van der Waals surface area (Å²) in [6.07, 6.45) is -11.9. The number of nitrogens with one attached hydrogen (secondary N) is 1. The Kier molecular flexibility index (Phi) is 5.39. The number of carbonyl (C=O) groups excluding carboxylic acids is 1. The van der Waals surface area contributed by atoms with Crippen molar-refractivity contribution >= 4 is 27.5 Å². The van der Waals surface area contributed by atoms with Crippen LogP contribution in [0.5, 0.6) is 0 Å². The maximum Gasteiger partial charge on any atom is 0.430 e. The summed E-state index contributed by atoms with van der Waals surface area (Å²) in [7, 11) is 0. The fourth-order valence-electron chi connectivity index (χ4n) is 2.13. The third-order valence-electron chi connectivity index (χ3n) is 3.50. The predicted octanol–water partition coefficient (Wildman–Crippen LogP) is 5.01. The van der Waals surface area contributed by atoms with Gasteiger partial charge in [-0.3, -0.25) is 4.79 Å². The topological polar surface area (TPSA) is 49.3 Å². The normalized spacial score (nSPS) is 12.8. The van der Waals surface area contributed by atoms with Crippen molar-refractivity contribution in [3.63, 3.8) is 0 Å². The van der Waals surface area contributed by atoms with Crippen molar-refractivity contribution in [2.24, 2.45) is 0 Å². The molecule has 1 amide bonds. The second-order valence-corrected chi connectivity index (χ2v) is 6.07. The van der Waals surface area contributed by atoms with E-state index in [9.17, 15) is 36.2 Å². The zero-order chi connectivity index (χ0) is 19.8. The molecule has 0 aliphatic heterocycles. The smallest absolute Gasteiger partial charge is 0.369 e. The van der Waals surface area contributed by atoms with E-state index < -0.39 is 29.4 Å². The Labute approximate surface area is 151 Å². The summed E-state index contributed by atoms with van der Waals surface area (Å²) in [6, 6.07) is 8.89. The van der Waals surface area contributed by atoms with Gasteiger partial charge in [-0.2, -0.15) is 26.3 Å². The highest BCUT2D eigenvalue weighted by atomic mass is 79.9. The van der Waals surface area contributed by atoms with Crippen molar-refractivity contribution in [3.8, 4) is 0 Å². The Hall–Kier alpha value is -2.07. The Morgan fingerprint density at radius 3 is 1.85 bits per heavy atom. The number of halogens is 7. The van der Waals surface area contributed by atoms with Crippen LogP contribution in [-0.2, 0) is 5.60 Å². The number of aliphatic hydroxyl groups is 1. The molecule has 2 aromatic carbocycles. The van der Waals surface area contributed by atoms with Crippen molar-refractivity contribution in [2.75, 3.05) is 5.32 Å². The van der Waals surface area contributed by atoms with Crippen LogP contribution >= 0.6 is 15.9 Å². The number of hydrogen-bond acceptors (Lipinski definition) is 2. The zero-order valence-electron chi connectivity index (χ0n) is 12.6. The van der Waals surface area contributed by atoms with E-state index >= 15 is 0 Å². The van der Waals surface area contributed by atoms with Gasteiger partial charge in [0.05, 0.1) is 5.56 Å². The van der Waals surface area contributed by atoms with Crippen LogP contribution in [0.25, 0.3) is 0 Å². The van der Waals surface area contributed by atoms with Gasteiger partial charge in [0, 0.05) is 15.7 Å². The van der Waals surface area contributed by atoms with E-state index in [1.165, 1.54) is 6.07 Å². The molecule has 2 N–H and O–H groups in total. The predicted molar refractivity (Wildman–Crippen MR) is 84.5 cm³/mol. The molecular formula is C16H10BrF6NO2. The molecule has 3 nitrogen and oxygen atoms in total. The van der Waals surface area contributed by atoms with Crippen molar-refractivity contribution in [3.05, 3.63) is 64.1 Å². The SMILES string of the molecule is O=C(Nc1ccc(C(O)(C(F)(F)F)C(F)(F)F)cc1)c1ccccc1Br. The molecule has 0 fully saturated rings. The molecular weight excluding hydrogens is 432 g/mol. The lowest BCUT2D eigenvalue weighted by atomic mass is 9.92. The fourth-order valence-corrected chi connectivity index (χ4v) is 2.59. The van der Waals surface area contributed by atoms with Gasteiger partial charge in [-0.1, -0.05) is 24.3 Å². The van der Waals surface area contributed by atoms with Gasteiger partial charge in [0.2, 0.25) is 0 Å². The molecule has 0 bridgehead atoms. The van der Waals surface area contributed by atoms with Crippen molar-refractivity contribution in [1.82, 2.24) is 0 Å². The van der Waals surface area contributed by atoms with E-state index in [1.54, 1.807) is 18.2 Å². The minimum atomic E-state index is -5.97. The number of hydrogen-bond donors (Lipinski definition) is 2. The summed E-state index contributed by atoms with van der Waals surface area (Å²) in [6.45, 7) is 0. The summed E-state index contributed by atoms with van der Waals surface area (Å²) in [4.78, 5) is 12.1. The minimum Gasteiger partial charge on any atom is -0.369 e. The van der Waals surface area contributed by atoms with Crippen LogP contribution in [0.1, 0.15) is 15.9 Å². The van der Waals surface area contributed by atoms with Crippen LogP contribution in [0.15, 0.2) is 53.0 Å². The second-order valence-electron chi connectivity index (χ2n) is 5.22. The first-order valence-corrected chi connectivity index (χ1v) is 7.69. The van der Waals surface area contributed by atoms with Gasteiger partial charge in [0.25, 0.3) is 11.5 Å². The van der Waals surface area contributed by atoms with Crippen LogP contribution in [0.2, 0.25) is 0 Å². The van der Waals surface area contributed by atoms with Crippen molar-refractivity contribution in [1.29, 1.82) is 0 Å². The van der Waals surface area contributed by atoms with Gasteiger partial charge < -0.3 is 10.4 Å². The lowest BCUT2D eigenvalue weighted by molar-refractivity contribution is -0.376. The van der Waals surface area contributed by atoms with E-state index in [0.29, 0.717) is 16.6 Å². The first kappa shape index (κ1) is 20.2. The van der Waals surface area contributed by atoms with E-state index in [1.807, 2.05) is 0 Å². The maximum absolute atomic E-state index is 12.8. The molecule has 2 rings (SSSR count). The Morgan fingerprint density at radius 1 is 0.885 bits per heavy atom. The molecule has 2 aromatic rings. The average Bonchev–Trinajstić information content (AvgIpc) is 2.53. The van der Waals surface area contributed by atoms with Gasteiger partial charge in [-0.15, -0.1) is 0 Å². The highest BCUT2D eigenvalue weighted by Gasteiger charge is 2.71. The molecule has 0 saturated heterocycles. The summed E-state index contributed by atoms with van der Waals surface area (Å²) >= 11 is 3.15. The van der Waals surface area contributed by atoms with Crippen LogP contribution in [-0.4, -0.2) is 23.4 Å². The van der Waals surface area contributed by atoms with Gasteiger partial charge in [0.1, 0.15) is 0 Å². The van der Waals surface area contributed by atoms with Gasteiger partial charge in [-0.25, -0.2) is 0 Å². The average molecular weight is 442 g/mol. The largest absolute Gasteiger partial charge is 0.430 e. The molecule has 26 heavy (non-hydrogen) atoms. The highest BCUT2D eigenvalue weighted by molar-refractivity contribution is 9.10. The molecule has 0 aliphatic carbocycles. The molecule has 10 heteroatoms. The molecule has 0 unspecified atom stereocenters. The zero-order valence-corrected chi connectivity index (χ0v) is 14.2. The molecule has 0 spiro atoms. The molecule has 0 heterocycles. The third kappa shape index (κ3) is 3.70. The van der Waals surface area contributed by atoms with Crippen LogP contribution in [0, 0.1) is 0 Å². The number of rotatable bonds is 3. The quantitative estimate of drug-likeness (QED) is 0.657.